The van der Waals surface area contributed by atoms with Crippen LogP contribution in [-0.2, 0) is 16.0 Å². The Morgan fingerprint density at radius 2 is 1.61 bits per heavy atom. The van der Waals surface area contributed by atoms with Crippen LogP contribution in [0.2, 0.25) is 0 Å². The monoisotopic (exact) mass is 464 g/mol. The number of carbonyl (C=O) groups is 2. The first-order valence-corrected chi connectivity index (χ1v) is 9.75. The van der Waals surface area contributed by atoms with Gasteiger partial charge in [0.1, 0.15) is 23.3 Å². The highest BCUT2D eigenvalue weighted by molar-refractivity contribution is 5.99. The van der Waals surface area contributed by atoms with Crippen LogP contribution in [0.5, 0.6) is 5.75 Å². The lowest BCUT2D eigenvalue weighted by Gasteiger charge is -2.12. The second-order valence-electron chi connectivity index (χ2n) is 6.83. The Balaban J connectivity index is 1.92. The minimum Gasteiger partial charge on any atom is -0.479 e. The van der Waals surface area contributed by atoms with E-state index in [9.17, 15) is 27.2 Å². The normalized spacial score (nSPS) is 10.7. The van der Waals surface area contributed by atoms with Gasteiger partial charge in [-0.1, -0.05) is 12.1 Å². The lowest BCUT2D eigenvalue weighted by molar-refractivity contribution is -0.145. The molecular weight excluding hydrogens is 447 g/mol. The third kappa shape index (κ3) is 5.36. The zero-order valence-electron chi connectivity index (χ0n) is 17.3. The third-order valence-corrected chi connectivity index (χ3v) is 4.64. The molecule has 0 amide bonds. The van der Waals surface area contributed by atoms with E-state index in [-0.39, 0.29) is 17.7 Å². The summed E-state index contributed by atoms with van der Waals surface area (Å²) in [4.78, 5) is 24.1. The van der Waals surface area contributed by atoms with E-state index in [1.165, 1.54) is 12.1 Å². The Morgan fingerprint density at radius 3 is 2.30 bits per heavy atom. The van der Waals surface area contributed by atoms with E-state index in [1.54, 1.807) is 6.92 Å². The molecule has 0 spiro atoms. The van der Waals surface area contributed by atoms with Crippen LogP contribution in [0.25, 0.3) is 11.1 Å². The summed E-state index contributed by atoms with van der Waals surface area (Å²) in [6.45, 7) is 0.962. The van der Waals surface area contributed by atoms with E-state index in [0.29, 0.717) is 0 Å². The maximum Gasteiger partial charge on any atom is 0.344 e. The summed E-state index contributed by atoms with van der Waals surface area (Å²) >= 11 is 0. The number of hydrogen-bond acceptors (Lipinski definition) is 4. The van der Waals surface area contributed by atoms with E-state index in [1.807, 2.05) is 0 Å². The number of hydrogen-bond donors (Lipinski definition) is 0. The third-order valence-electron chi connectivity index (χ3n) is 4.64. The molecule has 172 valence electrons. The summed E-state index contributed by atoms with van der Waals surface area (Å²) in [7, 11) is 0. The zero-order valence-corrected chi connectivity index (χ0v) is 17.3. The fourth-order valence-electron chi connectivity index (χ4n) is 3.13. The van der Waals surface area contributed by atoms with Gasteiger partial charge in [0.2, 0.25) is 0 Å². The number of ketones is 1. The van der Waals surface area contributed by atoms with Gasteiger partial charge in [0, 0.05) is 17.5 Å². The molecule has 3 aromatic carbocycles. The Kier molecular flexibility index (Phi) is 7.42. The lowest BCUT2D eigenvalue weighted by Crippen LogP contribution is -2.16. The summed E-state index contributed by atoms with van der Waals surface area (Å²) in [5.74, 6) is -8.23. The number of Topliss-reactive ketones (excluding diaryl/α,β-unsaturated/α-hetero) is 1. The SMILES string of the molecule is CCOC(=O)COc1ccc(F)c(CC(=O)c2c(F)ccc(-c3cccc(F)c3)c2F)c1F. The van der Waals surface area contributed by atoms with Gasteiger partial charge in [-0.2, -0.15) is 0 Å². The van der Waals surface area contributed by atoms with Gasteiger partial charge in [-0.25, -0.2) is 26.7 Å². The van der Waals surface area contributed by atoms with Crippen LogP contribution in [0.4, 0.5) is 22.0 Å². The first-order valence-electron chi connectivity index (χ1n) is 9.75. The molecule has 0 radical (unpaired) electrons. The van der Waals surface area contributed by atoms with Crippen molar-refractivity contribution < 1.29 is 41.0 Å². The van der Waals surface area contributed by atoms with E-state index in [2.05, 4.69) is 4.74 Å². The fourth-order valence-corrected chi connectivity index (χ4v) is 3.13. The Morgan fingerprint density at radius 1 is 0.879 bits per heavy atom. The van der Waals surface area contributed by atoms with E-state index in [0.717, 1.165) is 36.4 Å². The van der Waals surface area contributed by atoms with Gasteiger partial charge in [-0.05, 0) is 48.9 Å². The largest absolute Gasteiger partial charge is 0.479 e. The van der Waals surface area contributed by atoms with Gasteiger partial charge >= 0.3 is 5.97 Å². The van der Waals surface area contributed by atoms with Gasteiger partial charge in [0.05, 0.1) is 12.2 Å². The number of halogens is 5. The smallest absolute Gasteiger partial charge is 0.344 e. The molecule has 0 bridgehead atoms. The maximum atomic E-state index is 15.0. The molecule has 9 heteroatoms. The Labute approximate surface area is 185 Å². The Hall–Kier alpha value is -3.75. The molecule has 0 unspecified atom stereocenters. The number of ether oxygens (including phenoxy) is 2. The minimum absolute atomic E-state index is 0.0493. The molecule has 3 rings (SSSR count). The molecule has 0 heterocycles. The fraction of sp³-hybridized carbons (Fsp3) is 0.167. The van der Waals surface area contributed by atoms with Crippen LogP contribution in [0.1, 0.15) is 22.8 Å². The molecule has 0 aromatic heterocycles. The molecule has 33 heavy (non-hydrogen) atoms. The van der Waals surface area contributed by atoms with Crippen molar-refractivity contribution in [3.8, 4) is 16.9 Å². The Bertz CT molecular complexity index is 1210. The predicted octanol–water partition coefficient (Wildman–Crippen LogP) is 5.42. The van der Waals surface area contributed by atoms with E-state index < -0.39 is 70.7 Å². The summed E-state index contributed by atoms with van der Waals surface area (Å²) in [5.41, 5.74) is -2.02. The van der Waals surface area contributed by atoms with Crippen LogP contribution < -0.4 is 4.74 Å². The summed E-state index contributed by atoms with van der Waals surface area (Å²) in [6, 6.07) is 8.32. The molecule has 4 nitrogen and oxygen atoms in total. The van der Waals surface area contributed by atoms with Crippen molar-refractivity contribution in [2.75, 3.05) is 13.2 Å². The highest BCUT2D eigenvalue weighted by Gasteiger charge is 2.25. The topological polar surface area (TPSA) is 52.6 Å². The molecule has 0 atom stereocenters. The van der Waals surface area contributed by atoms with Gasteiger partial charge < -0.3 is 9.47 Å². The van der Waals surface area contributed by atoms with Crippen LogP contribution in [0.15, 0.2) is 48.5 Å². The second kappa shape index (κ2) is 10.2. The number of benzene rings is 3. The second-order valence-corrected chi connectivity index (χ2v) is 6.83. The molecule has 0 fully saturated rings. The van der Waals surface area contributed by atoms with Gasteiger partial charge in [0.25, 0.3) is 0 Å². The highest BCUT2D eigenvalue weighted by Crippen LogP contribution is 2.30. The van der Waals surface area contributed by atoms with E-state index >= 15 is 4.39 Å². The van der Waals surface area contributed by atoms with Crippen molar-refractivity contribution >= 4 is 11.8 Å². The molecule has 0 aliphatic heterocycles. The van der Waals surface area contributed by atoms with Crippen molar-refractivity contribution in [1.82, 2.24) is 0 Å². The quantitative estimate of drug-likeness (QED) is 0.254. The van der Waals surface area contributed by atoms with Crippen LogP contribution in [0.3, 0.4) is 0 Å². The van der Waals surface area contributed by atoms with Crippen LogP contribution >= 0.6 is 0 Å². The molecular formula is C24H17F5O4. The number of rotatable bonds is 8. The average Bonchev–Trinajstić information content (AvgIpc) is 2.76. The molecule has 3 aromatic rings. The van der Waals surface area contributed by atoms with Gasteiger partial charge in [-0.15, -0.1) is 0 Å². The van der Waals surface area contributed by atoms with Crippen molar-refractivity contribution in [3.05, 3.63) is 88.7 Å². The lowest BCUT2D eigenvalue weighted by atomic mass is 9.96. The first kappa shape index (κ1) is 23.9. The summed E-state index contributed by atoms with van der Waals surface area (Å²) in [5, 5.41) is 0. The molecule has 0 saturated carbocycles. The van der Waals surface area contributed by atoms with Crippen molar-refractivity contribution in [1.29, 1.82) is 0 Å². The maximum absolute atomic E-state index is 15.0. The molecule has 0 aliphatic carbocycles. The number of carbonyl (C=O) groups excluding carboxylic acids is 2. The first-order chi connectivity index (χ1) is 15.7. The average molecular weight is 464 g/mol. The summed E-state index contributed by atoms with van der Waals surface area (Å²) in [6.07, 6.45) is -1.03. The zero-order chi connectivity index (χ0) is 24.1. The van der Waals surface area contributed by atoms with Crippen molar-refractivity contribution in [2.45, 2.75) is 13.3 Å². The molecule has 0 saturated heterocycles. The van der Waals surface area contributed by atoms with Gasteiger partial charge in [-0.3, -0.25) is 4.79 Å². The van der Waals surface area contributed by atoms with Crippen LogP contribution in [0, 0.1) is 29.1 Å². The van der Waals surface area contributed by atoms with Crippen molar-refractivity contribution in [2.24, 2.45) is 0 Å². The standard InChI is InChI=1S/C24H17F5O4/c1-2-32-21(31)12-33-20-9-8-17(26)16(23(20)28)11-19(30)22-18(27)7-6-15(24(22)29)13-4-3-5-14(25)10-13/h3-10H,2,11-12H2,1H3. The van der Waals surface area contributed by atoms with Crippen LogP contribution in [-0.4, -0.2) is 25.0 Å². The molecule has 0 N–H and O–H groups in total. The number of esters is 1. The van der Waals surface area contributed by atoms with Crippen molar-refractivity contribution in [3.63, 3.8) is 0 Å². The molecule has 0 aliphatic rings. The summed E-state index contributed by atoms with van der Waals surface area (Å²) < 4.78 is 81.5. The minimum atomic E-state index is -1.30. The predicted molar refractivity (Wildman–Crippen MR) is 108 cm³/mol. The van der Waals surface area contributed by atoms with Gasteiger partial charge in [0.15, 0.2) is 24.0 Å². The highest BCUT2D eigenvalue weighted by atomic mass is 19.1. The van der Waals surface area contributed by atoms with E-state index in [4.69, 9.17) is 4.74 Å².